The summed E-state index contributed by atoms with van der Waals surface area (Å²) in [6, 6.07) is 5.95. The Hall–Kier alpha value is -1.15. The number of hydrogen-bond acceptors (Lipinski definition) is 5. The highest BCUT2D eigenvalue weighted by atomic mass is 32.3. The molecule has 1 aromatic rings. The topological polar surface area (TPSA) is 110 Å². The Labute approximate surface area is 113 Å². The first-order chi connectivity index (χ1) is 8.73. The van der Waals surface area contributed by atoms with Gasteiger partial charge in [0.25, 0.3) is 0 Å². The molecule has 0 aliphatic carbocycles. The van der Waals surface area contributed by atoms with Crippen LogP contribution in [0.5, 0.6) is 5.75 Å². The van der Waals surface area contributed by atoms with Crippen LogP contribution in [0.3, 0.4) is 0 Å². The fourth-order valence-electron chi connectivity index (χ4n) is 1.97. The SMILES string of the molecule is CCC(O)(c1cccc(OS(=O)(=O)O)c1)C(C)CN. The van der Waals surface area contributed by atoms with E-state index in [-0.39, 0.29) is 18.2 Å². The molecule has 1 aromatic carbocycles. The lowest BCUT2D eigenvalue weighted by atomic mass is 9.80. The minimum absolute atomic E-state index is 0.0592. The van der Waals surface area contributed by atoms with E-state index in [1.807, 2.05) is 6.92 Å². The van der Waals surface area contributed by atoms with Crippen LogP contribution in [0.25, 0.3) is 0 Å². The van der Waals surface area contributed by atoms with Gasteiger partial charge >= 0.3 is 10.4 Å². The van der Waals surface area contributed by atoms with Gasteiger partial charge in [0.2, 0.25) is 0 Å². The van der Waals surface area contributed by atoms with E-state index < -0.39 is 16.0 Å². The van der Waals surface area contributed by atoms with Crippen LogP contribution in [-0.4, -0.2) is 24.6 Å². The second kappa shape index (κ2) is 5.87. The summed E-state index contributed by atoms with van der Waals surface area (Å²) in [5, 5.41) is 10.6. The molecule has 0 aliphatic rings. The largest absolute Gasteiger partial charge is 0.446 e. The number of hydrogen-bond donors (Lipinski definition) is 3. The van der Waals surface area contributed by atoms with Gasteiger partial charge in [-0.05, 0) is 30.7 Å². The quantitative estimate of drug-likeness (QED) is 0.675. The molecule has 0 aromatic heterocycles. The Morgan fingerprint density at radius 2 is 2.11 bits per heavy atom. The van der Waals surface area contributed by atoms with E-state index in [9.17, 15) is 13.5 Å². The summed E-state index contributed by atoms with van der Waals surface area (Å²) in [7, 11) is -4.58. The fourth-order valence-corrected chi connectivity index (χ4v) is 2.32. The van der Waals surface area contributed by atoms with Gasteiger partial charge in [-0.3, -0.25) is 4.55 Å². The highest BCUT2D eigenvalue weighted by Gasteiger charge is 2.33. The number of rotatable bonds is 6. The van der Waals surface area contributed by atoms with Crippen molar-refractivity contribution in [1.29, 1.82) is 0 Å². The molecule has 1 rings (SSSR count). The molecule has 0 radical (unpaired) electrons. The fraction of sp³-hybridized carbons (Fsp3) is 0.500. The van der Waals surface area contributed by atoms with Crippen LogP contribution in [0.1, 0.15) is 25.8 Å². The molecule has 0 saturated carbocycles. The van der Waals surface area contributed by atoms with Gasteiger partial charge in [-0.1, -0.05) is 26.0 Å². The lowest BCUT2D eigenvalue weighted by Gasteiger charge is -2.33. The predicted molar refractivity (Wildman–Crippen MR) is 71.0 cm³/mol. The molecule has 0 bridgehead atoms. The molecule has 19 heavy (non-hydrogen) atoms. The van der Waals surface area contributed by atoms with Gasteiger partial charge in [-0.25, -0.2) is 0 Å². The summed E-state index contributed by atoms with van der Waals surface area (Å²) < 4.78 is 34.4. The maximum atomic E-state index is 10.7. The van der Waals surface area contributed by atoms with E-state index in [0.717, 1.165) is 0 Å². The first-order valence-electron chi connectivity index (χ1n) is 5.92. The van der Waals surface area contributed by atoms with Crippen LogP contribution in [0.2, 0.25) is 0 Å². The minimum Gasteiger partial charge on any atom is -0.385 e. The zero-order valence-corrected chi connectivity index (χ0v) is 11.7. The molecule has 7 heteroatoms. The molecule has 0 heterocycles. The van der Waals surface area contributed by atoms with E-state index in [0.29, 0.717) is 12.0 Å². The monoisotopic (exact) mass is 289 g/mol. The van der Waals surface area contributed by atoms with E-state index in [1.54, 1.807) is 19.1 Å². The van der Waals surface area contributed by atoms with Crippen molar-refractivity contribution in [3.63, 3.8) is 0 Å². The Kier molecular flexibility index (Phi) is 4.92. The van der Waals surface area contributed by atoms with Crippen molar-refractivity contribution in [2.24, 2.45) is 11.7 Å². The third-order valence-electron chi connectivity index (χ3n) is 3.24. The highest BCUT2D eigenvalue weighted by Crippen LogP contribution is 2.34. The van der Waals surface area contributed by atoms with Gasteiger partial charge in [-0.2, -0.15) is 8.42 Å². The summed E-state index contributed by atoms with van der Waals surface area (Å²) in [6.45, 7) is 3.90. The molecule has 6 nitrogen and oxygen atoms in total. The number of nitrogens with two attached hydrogens (primary N) is 1. The van der Waals surface area contributed by atoms with E-state index in [1.165, 1.54) is 12.1 Å². The Morgan fingerprint density at radius 3 is 2.58 bits per heavy atom. The van der Waals surface area contributed by atoms with Crippen molar-refractivity contribution in [2.75, 3.05) is 6.54 Å². The van der Waals surface area contributed by atoms with Gasteiger partial charge in [0.05, 0.1) is 5.60 Å². The molecule has 2 unspecified atom stereocenters. The Bertz CT molecular complexity index is 531. The first-order valence-corrected chi connectivity index (χ1v) is 7.29. The summed E-state index contributed by atoms with van der Waals surface area (Å²) >= 11 is 0. The highest BCUT2D eigenvalue weighted by molar-refractivity contribution is 7.81. The second-order valence-electron chi connectivity index (χ2n) is 4.45. The average molecular weight is 289 g/mol. The number of benzene rings is 1. The molecule has 108 valence electrons. The summed E-state index contributed by atoms with van der Waals surface area (Å²) in [5.74, 6) is -0.269. The summed E-state index contributed by atoms with van der Waals surface area (Å²) in [5.41, 5.74) is 4.90. The molecular weight excluding hydrogens is 270 g/mol. The second-order valence-corrected chi connectivity index (χ2v) is 5.48. The van der Waals surface area contributed by atoms with Crippen molar-refractivity contribution in [3.8, 4) is 5.75 Å². The standard InChI is InChI=1S/C12H19NO5S/c1-3-12(14,9(2)8-13)10-5-4-6-11(7-10)18-19(15,16)17/h4-7,9,14H,3,8,13H2,1-2H3,(H,15,16,17). The maximum absolute atomic E-state index is 10.7. The van der Waals surface area contributed by atoms with Crippen molar-refractivity contribution in [3.05, 3.63) is 29.8 Å². The summed E-state index contributed by atoms with van der Waals surface area (Å²) in [6.07, 6.45) is 0.417. The Balaban J connectivity index is 3.17. The van der Waals surface area contributed by atoms with Gasteiger partial charge in [0.15, 0.2) is 0 Å². The molecule has 0 spiro atoms. The summed E-state index contributed by atoms with van der Waals surface area (Å²) in [4.78, 5) is 0. The molecule has 0 amide bonds. The van der Waals surface area contributed by atoms with Crippen LogP contribution in [0, 0.1) is 5.92 Å². The smallest absolute Gasteiger partial charge is 0.385 e. The predicted octanol–water partition coefficient (Wildman–Crippen LogP) is 1.06. The normalized spacial score (nSPS) is 16.7. The lowest BCUT2D eigenvalue weighted by Crippen LogP contribution is -2.37. The van der Waals surface area contributed by atoms with Crippen LogP contribution in [0.4, 0.5) is 0 Å². The third-order valence-corrected chi connectivity index (χ3v) is 3.65. The van der Waals surface area contributed by atoms with Crippen molar-refractivity contribution >= 4 is 10.4 Å². The van der Waals surface area contributed by atoms with Crippen molar-refractivity contribution in [2.45, 2.75) is 25.9 Å². The minimum atomic E-state index is -4.58. The number of aliphatic hydroxyl groups is 1. The van der Waals surface area contributed by atoms with Crippen LogP contribution in [0.15, 0.2) is 24.3 Å². The molecule has 0 fully saturated rings. The zero-order chi connectivity index (χ0) is 14.7. The van der Waals surface area contributed by atoms with Gasteiger partial charge in [0.1, 0.15) is 5.75 Å². The average Bonchev–Trinajstić information content (AvgIpc) is 2.35. The van der Waals surface area contributed by atoms with Gasteiger partial charge in [0, 0.05) is 5.92 Å². The van der Waals surface area contributed by atoms with E-state index >= 15 is 0 Å². The van der Waals surface area contributed by atoms with E-state index in [4.69, 9.17) is 10.3 Å². The van der Waals surface area contributed by atoms with Crippen LogP contribution in [-0.2, 0) is 16.0 Å². The van der Waals surface area contributed by atoms with Crippen molar-refractivity contribution < 1.29 is 22.3 Å². The lowest BCUT2D eigenvalue weighted by molar-refractivity contribution is -0.0177. The maximum Gasteiger partial charge on any atom is 0.446 e. The Morgan fingerprint density at radius 1 is 1.47 bits per heavy atom. The molecule has 0 aliphatic heterocycles. The van der Waals surface area contributed by atoms with Crippen LogP contribution < -0.4 is 9.92 Å². The van der Waals surface area contributed by atoms with Gasteiger partial charge in [-0.15, -0.1) is 0 Å². The third kappa shape index (κ3) is 3.90. The zero-order valence-electron chi connectivity index (χ0n) is 10.9. The molecule has 2 atom stereocenters. The van der Waals surface area contributed by atoms with Crippen LogP contribution >= 0.6 is 0 Å². The van der Waals surface area contributed by atoms with E-state index in [2.05, 4.69) is 4.18 Å². The van der Waals surface area contributed by atoms with Crippen molar-refractivity contribution in [1.82, 2.24) is 0 Å². The molecule has 0 saturated heterocycles. The first kappa shape index (κ1) is 15.9. The van der Waals surface area contributed by atoms with Gasteiger partial charge < -0.3 is 15.0 Å². The molecular formula is C12H19NO5S. The molecule has 4 N–H and O–H groups in total.